The fourth-order valence-corrected chi connectivity index (χ4v) is 4.43. The Balaban J connectivity index is 2.27. The van der Waals surface area contributed by atoms with Gasteiger partial charge in [0.1, 0.15) is 0 Å². The Hall–Kier alpha value is -0.0700. The van der Waals surface area contributed by atoms with E-state index in [-0.39, 0.29) is 22.7 Å². The summed E-state index contributed by atoms with van der Waals surface area (Å²) in [5.74, 6) is 0.0320. The SMILES string of the molecule is CCCCCOC(=S)NC1CS(=O)(=O)CC1Cl. The molecular formula is C10H18ClNO3S2. The molecule has 2 unspecified atom stereocenters. The lowest BCUT2D eigenvalue weighted by atomic mass is 10.2. The van der Waals surface area contributed by atoms with Crippen LogP contribution in [0.1, 0.15) is 26.2 Å². The largest absolute Gasteiger partial charge is 0.471 e. The number of alkyl halides is 1. The molecule has 0 aliphatic carbocycles. The Morgan fingerprint density at radius 3 is 2.71 bits per heavy atom. The minimum absolute atomic E-state index is 0.00463. The summed E-state index contributed by atoms with van der Waals surface area (Å²) >= 11 is 10.9. The van der Waals surface area contributed by atoms with Gasteiger partial charge in [-0.3, -0.25) is 0 Å². The van der Waals surface area contributed by atoms with Gasteiger partial charge in [0.25, 0.3) is 5.17 Å². The highest BCUT2D eigenvalue weighted by Crippen LogP contribution is 2.18. The van der Waals surface area contributed by atoms with E-state index in [0.29, 0.717) is 6.61 Å². The highest BCUT2D eigenvalue weighted by molar-refractivity contribution is 7.91. The second kappa shape index (κ2) is 6.75. The van der Waals surface area contributed by atoms with Crippen molar-refractivity contribution < 1.29 is 13.2 Å². The first-order valence-corrected chi connectivity index (χ1v) is 8.39. The van der Waals surface area contributed by atoms with Crippen LogP contribution in [0.2, 0.25) is 0 Å². The van der Waals surface area contributed by atoms with E-state index >= 15 is 0 Å². The van der Waals surface area contributed by atoms with E-state index in [1.165, 1.54) is 0 Å². The van der Waals surface area contributed by atoms with Gasteiger partial charge in [0.05, 0.1) is 29.5 Å². The van der Waals surface area contributed by atoms with Crippen LogP contribution in [0.3, 0.4) is 0 Å². The predicted molar refractivity (Wildman–Crippen MR) is 73.3 cm³/mol. The molecule has 0 aromatic heterocycles. The van der Waals surface area contributed by atoms with Crippen molar-refractivity contribution in [3.05, 3.63) is 0 Å². The number of hydrogen-bond donors (Lipinski definition) is 1. The Morgan fingerprint density at radius 2 is 2.18 bits per heavy atom. The van der Waals surface area contributed by atoms with E-state index < -0.39 is 15.2 Å². The zero-order chi connectivity index (χ0) is 12.9. The lowest BCUT2D eigenvalue weighted by molar-refractivity contribution is 0.284. The lowest BCUT2D eigenvalue weighted by Gasteiger charge is -2.16. The molecule has 17 heavy (non-hydrogen) atoms. The summed E-state index contributed by atoms with van der Waals surface area (Å²) < 4.78 is 27.9. The third kappa shape index (κ3) is 5.40. The van der Waals surface area contributed by atoms with Crippen molar-refractivity contribution in [1.82, 2.24) is 5.32 Å². The number of unbranched alkanes of at least 4 members (excludes halogenated alkanes) is 2. The summed E-state index contributed by atoms with van der Waals surface area (Å²) in [7, 11) is -3.03. The number of thiocarbonyl (C=S) groups is 1. The van der Waals surface area contributed by atoms with Gasteiger partial charge in [-0.15, -0.1) is 11.6 Å². The molecule has 1 aliphatic rings. The Bertz CT molecular complexity index is 359. The average molecular weight is 300 g/mol. The molecule has 1 aliphatic heterocycles. The number of rotatable bonds is 5. The van der Waals surface area contributed by atoms with Crippen LogP contribution in [-0.4, -0.2) is 43.1 Å². The maximum absolute atomic E-state index is 11.3. The van der Waals surface area contributed by atoms with Crippen LogP contribution in [0.5, 0.6) is 0 Å². The number of sulfone groups is 1. The number of hydrogen-bond acceptors (Lipinski definition) is 4. The molecule has 0 bridgehead atoms. The summed E-state index contributed by atoms with van der Waals surface area (Å²) in [4.78, 5) is 0. The molecule has 0 saturated carbocycles. The topological polar surface area (TPSA) is 55.4 Å². The first-order chi connectivity index (χ1) is 7.94. The molecule has 0 aromatic rings. The summed E-state index contributed by atoms with van der Waals surface area (Å²) in [5.41, 5.74) is 0. The molecule has 100 valence electrons. The highest BCUT2D eigenvalue weighted by Gasteiger charge is 2.36. The van der Waals surface area contributed by atoms with Crippen LogP contribution in [0.15, 0.2) is 0 Å². The molecule has 2 atom stereocenters. The molecule has 1 heterocycles. The van der Waals surface area contributed by atoms with Crippen molar-refractivity contribution in [1.29, 1.82) is 0 Å². The second-order valence-electron chi connectivity index (χ2n) is 4.19. The molecule has 0 radical (unpaired) electrons. The maximum atomic E-state index is 11.3. The van der Waals surface area contributed by atoms with Gasteiger partial charge in [-0.05, 0) is 18.6 Å². The standard InChI is InChI=1S/C10H18ClNO3S2/c1-2-3-4-5-15-10(16)12-9-7-17(13,14)6-8(9)11/h8-9H,2-7H2,1H3,(H,12,16). The van der Waals surface area contributed by atoms with Gasteiger partial charge in [0.2, 0.25) is 0 Å². The van der Waals surface area contributed by atoms with Crippen molar-refractivity contribution in [2.45, 2.75) is 37.6 Å². The van der Waals surface area contributed by atoms with E-state index in [4.69, 9.17) is 28.6 Å². The Kier molecular flexibility index (Phi) is 5.95. The van der Waals surface area contributed by atoms with Gasteiger partial charge in [-0.1, -0.05) is 19.8 Å². The molecule has 0 aromatic carbocycles. The Morgan fingerprint density at radius 1 is 1.47 bits per heavy atom. The highest BCUT2D eigenvalue weighted by atomic mass is 35.5. The van der Waals surface area contributed by atoms with Crippen molar-refractivity contribution in [3.8, 4) is 0 Å². The van der Waals surface area contributed by atoms with Crippen LogP contribution in [0.25, 0.3) is 0 Å². The van der Waals surface area contributed by atoms with Gasteiger partial charge in [0, 0.05) is 0 Å². The van der Waals surface area contributed by atoms with Gasteiger partial charge < -0.3 is 10.1 Å². The lowest BCUT2D eigenvalue weighted by Crippen LogP contribution is -2.40. The Labute approximate surface area is 113 Å². The van der Waals surface area contributed by atoms with E-state index in [1.807, 2.05) is 0 Å². The average Bonchev–Trinajstić information content (AvgIpc) is 2.47. The van der Waals surface area contributed by atoms with Gasteiger partial charge in [-0.2, -0.15) is 0 Å². The zero-order valence-electron chi connectivity index (χ0n) is 9.82. The van der Waals surface area contributed by atoms with Crippen LogP contribution >= 0.6 is 23.8 Å². The molecule has 0 spiro atoms. The van der Waals surface area contributed by atoms with Crippen LogP contribution in [0.4, 0.5) is 0 Å². The van der Waals surface area contributed by atoms with E-state index in [1.54, 1.807) is 0 Å². The number of halogens is 1. The minimum atomic E-state index is -3.03. The van der Waals surface area contributed by atoms with E-state index in [9.17, 15) is 8.42 Å². The van der Waals surface area contributed by atoms with Crippen molar-refractivity contribution in [3.63, 3.8) is 0 Å². The third-order valence-electron chi connectivity index (χ3n) is 2.57. The fraction of sp³-hybridized carbons (Fsp3) is 0.900. The van der Waals surface area contributed by atoms with Crippen LogP contribution in [-0.2, 0) is 14.6 Å². The molecule has 1 rings (SSSR count). The minimum Gasteiger partial charge on any atom is -0.471 e. The van der Waals surface area contributed by atoms with Crippen LogP contribution < -0.4 is 5.32 Å². The first kappa shape index (κ1) is 15.0. The predicted octanol–water partition coefficient (Wildman–Crippen LogP) is 1.47. The summed E-state index contributed by atoms with van der Waals surface area (Å²) in [6.45, 7) is 2.67. The summed E-state index contributed by atoms with van der Waals surface area (Å²) in [5, 5.41) is 2.67. The molecule has 1 fully saturated rings. The number of ether oxygens (including phenoxy) is 1. The van der Waals surface area contributed by atoms with Gasteiger partial charge in [0.15, 0.2) is 9.84 Å². The van der Waals surface area contributed by atoms with E-state index in [2.05, 4.69) is 12.2 Å². The molecule has 0 amide bonds. The van der Waals surface area contributed by atoms with Crippen molar-refractivity contribution in [2.24, 2.45) is 0 Å². The maximum Gasteiger partial charge on any atom is 0.256 e. The third-order valence-corrected chi connectivity index (χ3v) is 5.18. The molecule has 7 heteroatoms. The summed E-state index contributed by atoms with van der Waals surface area (Å²) in [6.07, 6.45) is 3.16. The molecule has 4 nitrogen and oxygen atoms in total. The van der Waals surface area contributed by atoms with Crippen LogP contribution in [0, 0.1) is 0 Å². The van der Waals surface area contributed by atoms with Crippen molar-refractivity contribution in [2.75, 3.05) is 18.1 Å². The fourth-order valence-electron chi connectivity index (χ4n) is 1.65. The smallest absolute Gasteiger partial charge is 0.256 e. The molecule has 1 saturated heterocycles. The normalized spacial score (nSPS) is 26.7. The van der Waals surface area contributed by atoms with Gasteiger partial charge >= 0.3 is 0 Å². The summed E-state index contributed by atoms with van der Waals surface area (Å²) in [6, 6.07) is -0.333. The monoisotopic (exact) mass is 299 g/mol. The zero-order valence-corrected chi connectivity index (χ0v) is 12.2. The van der Waals surface area contributed by atoms with Crippen molar-refractivity contribution >= 4 is 38.8 Å². The van der Waals surface area contributed by atoms with E-state index in [0.717, 1.165) is 19.3 Å². The quantitative estimate of drug-likeness (QED) is 0.473. The second-order valence-corrected chi connectivity index (χ2v) is 7.27. The molecular weight excluding hydrogens is 282 g/mol. The first-order valence-electron chi connectivity index (χ1n) is 5.72. The molecule has 1 N–H and O–H groups in total. The van der Waals surface area contributed by atoms with Gasteiger partial charge in [-0.25, -0.2) is 8.42 Å². The number of nitrogens with one attached hydrogen (secondary N) is 1.